The normalized spacial score (nSPS) is 15.0. The number of thiophene rings is 1. The molecular formula is C13H23NS2. The van der Waals surface area contributed by atoms with Gasteiger partial charge in [-0.05, 0) is 43.0 Å². The number of hydrogen-bond donors (Lipinski definition) is 1. The van der Waals surface area contributed by atoms with Crippen molar-refractivity contribution in [2.45, 2.75) is 51.3 Å². The maximum Gasteiger partial charge on any atom is 0.0542 e. The highest BCUT2D eigenvalue weighted by Gasteiger charge is 2.19. The number of hydrogen-bond acceptors (Lipinski definition) is 3. The fourth-order valence-electron chi connectivity index (χ4n) is 1.70. The van der Waals surface area contributed by atoms with Gasteiger partial charge in [0.05, 0.1) is 5.25 Å². The number of aryl methyl sites for hydroxylation is 1. The van der Waals surface area contributed by atoms with Crippen LogP contribution in [0.1, 0.15) is 48.8 Å². The minimum Gasteiger partial charge on any atom is -0.327 e. The monoisotopic (exact) mass is 257 g/mol. The molecule has 92 valence electrons. The zero-order chi connectivity index (χ0) is 12.0. The zero-order valence-electron chi connectivity index (χ0n) is 10.5. The Labute approximate surface area is 108 Å². The minimum absolute atomic E-state index is 0.240. The van der Waals surface area contributed by atoms with Crippen LogP contribution in [0, 0.1) is 6.92 Å². The second-order valence-corrected chi connectivity index (χ2v) is 6.52. The van der Waals surface area contributed by atoms with E-state index in [1.807, 2.05) is 23.1 Å². The zero-order valence-corrected chi connectivity index (χ0v) is 12.2. The first kappa shape index (κ1) is 14.1. The molecule has 0 saturated carbocycles. The van der Waals surface area contributed by atoms with E-state index in [2.05, 4.69) is 32.2 Å². The molecule has 0 saturated heterocycles. The Hall–Kier alpha value is 0.01000. The number of nitrogens with two attached hydrogens (primary N) is 1. The van der Waals surface area contributed by atoms with E-state index in [1.165, 1.54) is 35.5 Å². The van der Waals surface area contributed by atoms with Crippen LogP contribution in [0.3, 0.4) is 0 Å². The largest absolute Gasteiger partial charge is 0.327 e. The van der Waals surface area contributed by atoms with Gasteiger partial charge in [-0.1, -0.05) is 19.8 Å². The van der Waals surface area contributed by atoms with Crippen molar-refractivity contribution in [3.63, 3.8) is 0 Å². The standard InChI is InChI=1S/C13H23NS2/c1-4-5-6-8-15-13(11(3)14)12-10(2)7-9-16-12/h7,9,11,13H,4-6,8,14H2,1-3H3. The smallest absolute Gasteiger partial charge is 0.0542 e. The van der Waals surface area contributed by atoms with Crippen molar-refractivity contribution in [3.05, 3.63) is 21.9 Å². The Bertz CT molecular complexity index is 294. The summed E-state index contributed by atoms with van der Waals surface area (Å²) in [5.74, 6) is 1.23. The van der Waals surface area contributed by atoms with Gasteiger partial charge in [-0.3, -0.25) is 0 Å². The van der Waals surface area contributed by atoms with E-state index in [0.717, 1.165) is 0 Å². The van der Waals surface area contributed by atoms with Gasteiger partial charge in [0.1, 0.15) is 0 Å². The van der Waals surface area contributed by atoms with Gasteiger partial charge in [0, 0.05) is 10.9 Å². The van der Waals surface area contributed by atoms with E-state index < -0.39 is 0 Å². The molecule has 0 aliphatic heterocycles. The van der Waals surface area contributed by atoms with E-state index in [-0.39, 0.29) is 6.04 Å². The van der Waals surface area contributed by atoms with Crippen LogP contribution in [0.2, 0.25) is 0 Å². The minimum atomic E-state index is 0.240. The molecule has 16 heavy (non-hydrogen) atoms. The molecule has 0 spiro atoms. The Morgan fingerprint density at radius 1 is 1.44 bits per heavy atom. The lowest BCUT2D eigenvalue weighted by atomic mass is 10.1. The molecule has 2 N–H and O–H groups in total. The lowest BCUT2D eigenvalue weighted by molar-refractivity contribution is 0.722. The molecule has 3 heteroatoms. The summed E-state index contributed by atoms with van der Waals surface area (Å²) in [4.78, 5) is 1.47. The van der Waals surface area contributed by atoms with E-state index in [4.69, 9.17) is 5.73 Å². The summed E-state index contributed by atoms with van der Waals surface area (Å²) in [6.07, 6.45) is 3.94. The maximum atomic E-state index is 6.10. The fraction of sp³-hybridized carbons (Fsp3) is 0.692. The van der Waals surface area contributed by atoms with Crippen molar-refractivity contribution < 1.29 is 0 Å². The van der Waals surface area contributed by atoms with Gasteiger partial charge >= 0.3 is 0 Å². The van der Waals surface area contributed by atoms with Crippen molar-refractivity contribution >= 4 is 23.1 Å². The SMILES string of the molecule is CCCCCSC(c1sccc1C)C(C)N. The van der Waals surface area contributed by atoms with Crippen LogP contribution >= 0.6 is 23.1 Å². The molecule has 0 aliphatic carbocycles. The van der Waals surface area contributed by atoms with Gasteiger partial charge in [-0.15, -0.1) is 11.3 Å². The number of rotatable bonds is 7. The Morgan fingerprint density at radius 2 is 2.19 bits per heavy atom. The van der Waals surface area contributed by atoms with Crippen LogP contribution in [0.4, 0.5) is 0 Å². The Morgan fingerprint density at radius 3 is 2.69 bits per heavy atom. The lowest BCUT2D eigenvalue weighted by Gasteiger charge is -2.20. The quantitative estimate of drug-likeness (QED) is 0.734. The predicted molar refractivity (Wildman–Crippen MR) is 77.4 cm³/mol. The highest BCUT2D eigenvalue weighted by atomic mass is 32.2. The van der Waals surface area contributed by atoms with Gasteiger partial charge in [0.15, 0.2) is 0 Å². The van der Waals surface area contributed by atoms with Crippen molar-refractivity contribution in [2.24, 2.45) is 5.73 Å². The van der Waals surface area contributed by atoms with Crippen molar-refractivity contribution in [1.29, 1.82) is 0 Å². The van der Waals surface area contributed by atoms with Crippen LogP contribution < -0.4 is 5.73 Å². The van der Waals surface area contributed by atoms with Gasteiger partial charge in [-0.25, -0.2) is 0 Å². The molecule has 1 rings (SSSR count). The molecule has 1 nitrogen and oxygen atoms in total. The van der Waals surface area contributed by atoms with Crippen LogP contribution in [0.5, 0.6) is 0 Å². The Balaban J connectivity index is 2.52. The molecule has 0 aliphatic rings. The second kappa shape index (κ2) is 7.36. The van der Waals surface area contributed by atoms with Crippen molar-refractivity contribution in [2.75, 3.05) is 5.75 Å². The summed E-state index contributed by atoms with van der Waals surface area (Å²) >= 11 is 3.88. The third kappa shape index (κ3) is 4.11. The van der Waals surface area contributed by atoms with Crippen LogP contribution in [0.25, 0.3) is 0 Å². The predicted octanol–water partition coefficient (Wildman–Crippen LogP) is 4.37. The summed E-state index contributed by atoms with van der Waals surface area (Å²) in [5, 5.41) is 2.66. The molecule has 1 aromatic rings. The van der Waals surface area contributed by atoms with Crippen LogP contribution in [-0.4, -0.2) is 11.8 Å². The maximum absolute atomic E-state index is 6.10. The molecular weight excluding hydrogens is 234 g/mol. The molecule has 1 aromatic heterocycles. The number of thioether (sulfide) groups is 1. The third-order valence-corrected chi connectivity index (χ3v) is 5.48. The highest BCUT2D eigenvalue weighted by molar-refractivity contribution is 7.99. The summed E-state index contributed by atoms with van der Waals surface area (Å²) in [6.45, 7) is 6.56. The van der Waals surface area contributed by atoms with Gasteiger partial charge < -0.3 is 5.73 Å². The molecule has 0 fully saturated rings. The highest BCUT2D eigenvalue weighted by Crippen LogP contribution is 2.37. The van der Waals surface area contributed by atoms with Crippen molar-refractivity contribution in [3.8, 4) is 0 Å². The number of unbranched alkanes of at least 4 members (excludes halogenated alkanes) is 2. The molecule has 2 unspecified atom stereocenters. The first-order valence-electron chi connectivity index (χ1n) is 6.08. The van der Waals surface area contributed by atoms with E-state index in [0.29, 0.717) is 5.25 Å². The summed E-state index contributed by atoms with van der Waals surface area (Å²) < 4.78 is 0. The third-order valence-electron chi connectivity index (χ3n) is 2.68. The molecule has 0 bridgehead atoms. The van der Waals surface area contributed by atoms with Crippen LogP contribution in [0.15, 0.2) is 11.4 Å². The van der Waals surface area contributed by atoms with E-state index >= 15 is 0 Å². The average Bonchev–Trinajstić information content (AvgIpc) is 2.64. The van der Waals surface area contributed by atoms with E-state index in [1.54, 1.807) is 0 Å². The van der Waals surface area contributed by atoms with E-state index in [9.17, 15) is 0 Å². The average molecular weight is 257 g/mol. The second-order valence-electron chi connectivity index (χ2n) is 4.33. The molecule has 1 heterocycles. The fourth-order valence-corrected chi connectivity index (χ4v) is 4.36. The van der Waals surface area contributed by atoms with Crippen LogP contribution in [-0.2, 0) is 0 Å². The first-order chi connectivity index (χ1) is 7.66. The summed E-state index contributed by atoms with van der Waals surface area (Å²) in [7, 11) is 0. The van der Waals surface area contributed by atoms with Gasteiger partial charge in [0.25, 0.3) is 0 Å². The van der Waals surface area contributed by atoms with Crippen molar-refractivity contribution in [1.82, 2.24) is 0 Å². The van der Waals surface area contributed by atoms with Gasteiger partial charge in [-0.2, -0.15) is 11.8 Å². The molecule has 0 radical (unpaired) electrons. The summed E-state index contributed by atoms with van der Waals surface area (Å²) in [5.41, 5.74) is 7.50. The molecule has 0 amide bonds. The molecule has 2 atom stereocenters. The Kier molecular flexibility index (Phi) is 6.47. The summed E-state index contributed by atoms with van der Waals surface area (Å²) in [6, 6.07) is 2.44. The topological polar surface area (TPSA) is 26.0 Å². The molecule has 0 aromatic carbocycles. The van der Waals surface area contributed by atoms with Gasteiger partial charge in [0.2, 0.25) is 0 Å². The first-order valence-corrected chi connectivity index (χ1v) is 8.00. The lowest BCUT2D eigenvalue weighted by Crippen LogP contribution is -2.22.